The number of aryl methyl sites for hydroxylation is 1. The van der Waals surface area contributed by atoms with Crippen molar-refractivity contribution in [3.8, 4) is 0 Å². The lowest BCUT2D eigenvalue weighted by Crippen LogP contribution is -2.30. The normalized spacial score (nSPS) is 13.6. The van der Waals surface area contributed by atoms with Crippen LogP contribution in [0.5, 0.6) is 0 Å². The van der Waals surface area contributed by atoms with Crippen LogP contribution in [0.2, 0.25) is 0 Å². The molecule has 0 fully saturated rings. The molecule has 1 unspecified atom stereocenters. The number of pyridine rings is 1. The molecule has 2 nitrogen and oxygen atoms in total. The van der Waals surface area contributed by atoms with Gasteiger partial charge in [-0.3, -0.25) is 4.98 Å². The maximum absolute atomic E-state index is 4.17. The zero-order valence-corrected chi connectivity index (χ0v) is 12.4. The highest BCUT2D eigenvalue weighted by Gasteiger charge is 2.14. The molecule has 0 aliphatic carbocycles. The molecule has 2 heteroatoms. The summed E-state index contributed by atoms with van der Waals surface area (Å²) in [5, 5.41) is 3.61. The fourth-order valence-electron chi connectivity index (χ4n) is 2.13. The van der Waals surface area contributed by atoms with Gasteiger partial charge in [-0.05, 0) is 49.3 Å². The smallest absolute Gasteiger partial charge is 0.0299 e. The number of hydrogen-bond donors (Lipinski definition) is 1. The maximum atomic E-state index is 4.17. The molecule has 0 radical (unpaired) electrons. The molecule has 0 amide bonds. The monoisotopic (exact) mass is 248 g/mol. The predicted octanol–water partition coefficient (Wildman–Crippen LogP) is 3.82. The van der Waals surface area contributed by atoms with Crippen LogP contribution in [0, 0.1) is 5.41 Å². The van der Waals surface area contributed by atoms with Gasteiger partial charge in [0.15, 0.2) is 0 Å². The van der Waals surface area contributed by atoms with Gasteiger partial charge in [0, 0.05) is 18.4 Å². The zero-order valence-electron chi connectivity index (χ0n) is 12.4. The van der Waals surface area contributed by atoms with Crippen molar-refractivity contribution in [1.82, 2.24) is 10.3 Å². The Morgan fingerprint density at radius 2 is 2.06 bits per heavy atom. The van der Waals surface area contributed by atoms with Crippen LogP contribution in [0.25, 0.3) is 0 Å². The van der Waals surface area contributed by atoms with Gasteiger partial charge in [-0.2, -0.15) is 0 Å². The van der Waals surface area contributed by atoms with Crippen molar-refractivity contribution in [1.29, 1.82) is 0 Å². The van der Waals surface area contributed by atoms with E-state index < -0.39 is 0 Å². The topological polar surface area (TPSA) is 24.9 Å². The van der Waals surface area contributed by atoms with Crippen molar-refractivity contribution >= 4 is 0 Å². The molecular weight excluding hydrogens is 220 g/mol. The van der Waals surface area contributed by atoms with Crippen LogP contribution in [0.4, 0.5) is 0 Å². The fraction of sp³-hybridized carbons (Fsp3) is 0.688. The SMILES string of the molecule is CCNC(CCc1cccnc1)CCC(C)(C)C. The molecule has 1 heterocycles. The van der Waals surface area contributed by atoms with Gasteiger partial charge in [0.2, 0.25) is 0 Å². The van der Waals surface area contributed by atoms with Crippen LogP contribution in [0.3, 0.4) is 0 Å². The number of nitrogens with zero attached hydrogens (tertiary/aromatic N) is 1. The van der Waals surface area contributed by atoms with Crippen LogP contribution in [0.15, 0.2) is 24.5 Å². The van der Waals surface area contributed by atoms with E-state index in [9.17, 15) is 0 Å². The van der Waals surface area contributed by atoms with Gasteiger partial charge in [0.25, 0.3) is 0 Å². The molecule has 0 aromatic carbocycles. The largest absolute Gasteiger partial charge is 0.314 e. The first kappa shape index (κ1) is 15.2. The van der Waals surface area contributed by atoms with E-state index in [4.69, 9.17) is 0 Å². The summed E-state index contributed by atoms with van der Waals surface area (Å²) in [4.78, 5) is 4.17. The minimum absolute atomic E-state index is 0.433. The van der Waals surface area contributed by atoms with E-state index >= 15 is 0 Å². The van der Waals surface area contributed by atoms with Gasteiger partial charge in [0.05, 0.1) is 0 Å². The highest BCUT2D eigenvalue weighted by Crippen LogP contribution is 2.22. The summed E-state index contributed by atoms with van der Waals surface area (Å²) in [5.74, 6) is 0. The van der Waals surface area contributed by atoms with Gasteiger partial charge in [-0.1, -0.05) is 33.8 Å². The molecule has 1 atom stereocenters. The average Bonchev–Trinajstić information content (AvgIpc) is 2.33. The minimum Gasteiger partial charge on any atom is -0.314 e. The van der Waals surface area contributed by atoms with E-state index in [1.54, 1.807) is 0 Å². The summed E-state index contributed by atoms with van der Waals surface area (Å²) in [6.07, 6.45) is 8.68. The van der Waals surface area contributed by atoms with Crippen LogP contribution < -0.4 is 5.32 Å². The third-order valence-corrected chi connectivity index (χ3v) is 3.24. The Morgan fingerprint density at radius 3 is 2.61 bits per heavy atom. The van der Waals surface area contributed by atoms with Crippen LogP contribution in [-0.4, -0.2) is 17.6 Å². The Morgan fingerprint density at radius 1 is 1.28 bits per heavy atom. The summed E-state index contributed by atoms with van der Waals surface area (Å²) in [6, 6.07) is 4.82. The number of nitrogens with one attached hydrogen (secondary N) is 1. The van der Waals surface area contributed by atoms with Crippen molar-refractivity contribution in [2.24, 2.45) is 5.41 Å². The lowest BCUT2D eigenvalue weighted by Gasteiger charge is -2.23. The molecule has 18 heavy (non-hydrogen) atoms. The third kappa shape index (κ3) is 6.75. The van der Waals surface area contributed by atoms with E-state index in [1.165, 1.54) is 24.8 Å². The van der Waals surface area contributed by atoms with E-state index in [2.05, 4.69) is 44.1 Å². The second-order valence-corrected chi connectivity index (χ2v) is 6.25. The van der Waals surface area contributed by atoms with Crippen molar-refractivity contribution in [2.45, 2.75) is 59.4 Å². The Balaban J connectivity index is 2.38. The summed E-state index contributed by atoms with van der Waals surface area (Å²) in [5.41, 5.74) is 1.78. The molecule has 0 bridgehead atoms. The summed E-state index contributed by atoms with van der Waals surface area (Å²) >= 11 is 0. The van der Waals surface area contributed by atoms with Crippen molar-refractivity contribution < 1.29 is 0 Å². The molecule has 0 saturated carbocycles. The van der Waals surface area contributed by atoms with Gasteiger partial charge in [0.1, 0.15) is 0 Å². The number of hydrogen-bond acceptors (Lipinski definition) is 2. The second kappa shape index (κ2) is 7.52. The summed E-state index contributed by atoms with van der Waals surface area (Å²) in [7, 11) is 0. The van der Waals surface area contributed by atoms with Gasteiger partial charge >= 0.3 is 0 Å². The summed E-state index contributed by atoms with van der Waals surface area (Å²) < 4.78 is 0. The zero-order chi connectivity index (χ0) is 13.4. The van der Waals surface area contributed by atoms with Gasteiger partial charge < -0.3 is 5.32 Å². The Labute approximate surface area is 112 Å². The van der Waals surface area contributed by atoms with E-state index in [-0.39, 0.29) is 0 Å². The molecule has 0 aliphatic heterocycles. The maximum Gasteiger partial charge on any atom is 0.0299 e. The van der Waals surface area contributed by atoms with Crippen molar-refractivity contribution in [2.75, 3.05) is 6.54 Å². The third-order valence-electron chi connectivity index (χ3n) is 3.24. The van der Waals surface area contributed by atoms with Crippen LogP contribution in [-0.2, 0) is 6.42 Å². The second-order valence-electron chi connectivity index (χ2n) is 6.25. The highest BCUT2D eigenvalue weighted by molar-refractivity contribution is 5.08. The minimum atomic E-state index is 0.433. The van der Waals surface area contributed by atoms with Gasteiger partial charge in [-0.15, -0.1) is 0 Å². The fourth-order valence-corrected chi connectivity index (χ4v) is 2.13. The first-order chi connectivity index (χ1) is 8.51. The summed E-state index contributed by atoms with van der Waals surface area (Å²) in [6.45, 7) is 10.2. The average molecular weight is 248 g/mol. The van der Waals surface area contributed by atoms with E-state index in [0.717, 1.165) is 13.0 Å². The first-order valence-electron chi connectivity index (χ1n) is 7.13. The highest BCUT2D eigenvalue weighted by atomic mass is 14.9. The van der Waals surface area contributed by atoms with E-state index in [0.29, 0.717) is 11.5 Å². The lowest BCUT2D eigenvalue weighted by atomic mass is 9.87. The standard InChI is InChI=1S/C16H28N2/c1-5-18-15(10-11-16(2,3)4)9-8-14-7-6-12-17-13-14/h6-7,12-13,15,18H,5,8-11H2,1-4H3. The molecule has 1 aromatic rings. The van der Waals surface area contributed by atoms with Crippen LogP contribution in [0.1, 0.15) is 52.5 Å². The molecule has 0 aliphatic rings. The molecular formula is C16H28N2. The Bertz CT molecular complexity index is 314. The molecule has 0 spiro atoms. The first-order valence-corrected chi connectivity index (χ1v) is 7.13. The lowest BCUT2D eigenvalue weighted by molar-refractivity contribution is 0.324. The quantitative estimate of drug-likeness (QED) is 0.793. The van der Waals surface area contributed by atoms with Crippen molar-refractivity contribution in [3.05, 3.63) is 30.1 Å². The predicted molar refractivity (Wildman–Crippen MR) is 78.7 cm³/mol. The number of aromatic nitrogens is 1. The van der Waals surface area contributed by atoms with Crippen LogP contribution >= 0.6 is 0 Å². The Hall–Kier alpha value is -0.890. The van der Waals surface area contributed by atoms with Crippen molar-refractivity contribution in [3.63, 3.8) is 0 Å². The molecule has 102 valence electrons. The molecule has 1 N–H and O–H groups in total. The molecule has 1 aromatic heterocycles. The van der Waals surface area contributed by atoms with E-state index in [1.807, 2.05) is 18.5 Å². The Kier molecular flexibility index (Phi) is 6.34. The molecule has 0 saturated heterocycles. The van der Waals surface area contributed by atoms with Gasteiger partial charge in [-0.25, -0.2) is 0 Å². The molecule has 1 rings (SSSR count). The number of rotatable bonds is 7.